The van der Waals surface area contributed by atoms with Crippen molar-refractivity contribution in [3.8, 4) is 5.75 Å². The van der Waals surface area contributed by atoms with Crippen molar-refractivity contribution in [1.29, 1.82) is 0 Å². The number of hydrogen-bond acceptors (Lipinski definition) is 5. The Bertz CT molecular complexity index is 615. The lowest BCUT2D eigenvalue weighted by atomic mass is 10.1. The van der Waals surface area contributed by atoms with Gasteiger partial charge in [0.05, 0.1) is 10.3 Å². The topological polar surface area (TPSA) is 84.6 Å². The lowest BCUT2D eigenvalue weighted by Crippen LogP contribution is -2.29. The Kier molecular flexibility index (Phi) is 4.49. The van der Waals surface area contributed by atoms with Gasteiger partial charge in [-0.05, 0) is 19.2 Å². The highest BCUT2D eigenvalue weighted by atomic mass is 16.6. The molecule has 2 aromatic rings. The van der Waals surface area contributed by atoms with E-state index >= 15 is 0 Å². The van der Waals surface area contributed by atoms with E-state index in [4.69, 9.17) is 4.74 Å². The molecule has 0 aliphatic heterocycles. The Morgan fingerprint density at radius 2 is 2.00 bits per heavy atom. The zero-order valence-corrected chi connectivity index (χ0v) is 11.1. The largest absolute Gasteiger partial charge is 0.490 e. The van der Waals surface area contributed by atoms with Crippen LogP contribution in [0.2, 0.25) is 0 Å². The molecule has 1 atom stereocenters. The van der Waals surface area contributed by atoms with Crippen molar-refractivity contribution < 1.29 is 14.8 Å². The molecule has 1 unspecified atom stereocenters. The van der Waals surface area contributed by atoms with Crippen LogP contribution in [0, 0.1) is 10.1 Å². The number of fused-ring (bicyclic) bond motifs is 1. The van der Waals surface area contributed by atoms with Crippen LogP contribution in [0.15, 0.2) is 36.4 Å². The number of nitro groups is 1. The van der Waals surface area contributed by atoms with Crippen molar-refractivity contribution in [2.45, 2.75) is 6.10 Å². The predicted octanol–water partition coefficient (Wildman–Crippen LogP) is 1.71. The summed E-state index contributed by atoms with van der Waals surface area (Å²) in [5, 5.41) is 24.7. The molecule has 0 amide bonds. The lowest BCUT2D eigenvalue weighted by molar-refractivity contribution is -0.383. The minimum atomic E-state index is -0.631. The number of benzene rings is 2. The number of rotatable bonds is 6. The fraction of sp³-hybridized carbons (Fsp3) is 0.286. The number of aliphatic hydroxyl groups excluding tert-OH is 1. The Morgan fingerprint density at radius 3 is 2.65 bits per heavy atom. The maximum atomic E-state index is 11.0. The summed E-state index contributed by atoms with van der Waals surface area (Å²) in [6.07, 6.45) is -0.631. The van der Waals surface area contributed by atoms with Crippen LogP contribution in [0.25, 0.3) is 10.8 Å². The summed E-state index contributed by atoms with van der Waals surface area (Å²) in [4.78, 5) is 10.6. The first-order valence-corrected chi connectivity index (χ1v) is 6.25. The van der Waals surface area contributed by atoms with Crippen molar-refractivity contribution in [3.63, 3.8) is 0 Å². The summed E-state index contributed by atoms with van der Waals surface area (Å²) in [6.45, 7) is 0.549. The summed E-state index contributed by atoms with van der Waals surface area (Å²) in [5.41, 5.74) is 0.0451. The van der Waals surface area contributed by atoms with Gasteiger partial charge in [-0.25, -0.2) is 0 Å². The summed E-state index contributed by atoms with van der Waals surface area (Å²) in [6, 6.07) is 9.97. The number of likely N-dealkylation sites (N-methyl/N-ethyl adjacent to an activating group) is 1. The molecular formula is C14H16N2O4. The highest BCUT2D eigenvalue weighted by molar-refractivity contribution is 5.95. The standard InChI is InChI=1S/C14H16N2O4/c1-15-8-10(17)9-20-14-7-6-13(16(18)19)11-4-2-3-5-12(11)14/h2-7,10,15,17H,8-9H2,1H3. The van der Waals surface area contributed by atoms with E-state index in [1.165, 1.54) is 6.07 Å². The molecule has 0 aliphatic carbocycles. The molecule has 6 nitrogen and oxygen atoms in total. The molecule has 0 bridgehead atoms. The number of aliphatic hydroxyl groups is 1. The van der Waals surface area contributed by atoms with E-state index < -0.39 is 11.0 Å². The minimum absolute atomic E-state index is 0.0451. The van der Waals surface area contributed by atoms with Gasteiger partial charge < -0.3 is 15.2 Å². The van der Waals surface area contributed by atoms with Gasteiger partial charge in [-0.2, -0.15) is 0 Å². The number of nitro benzene ring substituents is 1. The second-order valence-corrected chi connectivity index (χ2v) is 4.41. The zero-order chi connectivity index (χ0) is 14.5. The van der Waals surface area contributed by atoms with Crippen LogP contribution < -0.4 is 10.1 Å². The first kappa shape index (κ1) is 14.2. The molecule has 106 valence electrons. The Balaban J connectivity index is 2.31. The zero-order valence-electron chi connectivity index (χ0n) is 11.1. The van der Waals surface area contributed by atoms with Gasteiger partial charge in [0.2, 0.25) is 0 Å². The van der Waals surface area contributed by atoms with Gasteiger partial charge in [-0.15, -0.1) is 0 Å². The molecular weight excluding hydrogens is 260 g/mol. The van der Waals surface area contributed by atoms with Gasteiger partial charge in [0.1, 0.15) is 18.5 Å². The third-order valence-electron chi connectivity index (χ3n) is 2.93. The number of non-ortho nitro benzene ring substituents is 1. The molecule has 2 aromatic carbocycles. The smallest absolute Gasteiger partial charge is 0.277 e. The molecule has 0 spiro atoms. The van der Waals surface area contributed by atoms with E-state index in [9.17, 15) is 15.2 Å². The highest BCUT2D eigenvalue weighted by Gasteiger charge is 2.15. The Morgan fingerprint density at radius 1 is 1.30 bits per heavy atom. The second-order valence-electron chi connectivity index (χ2n) is 4.41. The van der Waals surface area contributed by atoms with Crippen molar-refractivity contribution in [1.82, 2.24) is 5.32 Å². The number of nitrogens with one attached hydrogen (secondary N) is 1. The molecule has 0 fully saturated rings. The van der Waals surface area contributed by atoms with Crippen LogP contribution in [0.3, 0.4) is 0 Å². The molecule has 20 heavy (non-hydrogen) atoms. The summed E-state index contributed by atoms with van der Waals surface area (Å²) < 4.78 is 5.56. The van der Waals surface area contributed by atoms with Crippen LogP contribution in [0.1, 0.15) is 0 Å². The van der Waals surface area contributed by atoms with Crippen molar-refractivity contribution in [2.75, 3.05) is 20.2 Å². The average Bonchev–Trinajstić information content (AvgIpc) is 2.44. The van der Waals surface area contributed by atoms with Crippen LogP contribution in [0.5, 0.6) is 5.75 Å². The van der Waals surface area contributed by atoms with E-state index in [2.05, 4.69) is 5.32 Å². The second kappa shape index (κ2) is 6.31. The first-order chi connectivity index (χ1) is 9.63. The van der Waals surface area contributed by atoms with Crippen LogP contribution in [-0.2, 0) is 0 Å². The predicted molar refractivity (Wildman–Crippen MR) is 76.0 cm³/mol. The van der Waals surface area contributed by atoms with Crippen molar-refractivity contribution >= 4 is 16.5 Å². The van der Waals surface area contributed by atoms with Gasteiger partial charge in [0, 0.05) is 18.0 Å². The van der Waals surface area contributed by atoms with Crippen molar-refractivity contribution in [2.24, 2.45) is 0 Å². The van der Waals surface area contributed by atoms with E-state index in [1.54, 1.807) is 37.4 Å². The summed E-state index contributed by atoms with van der Waals surface area (Å²) >= 11 is 0. The van der Waals surface area contributed by atoms with E-state index in [-0.39, 0.29) is 12.3 Å². The minimum Gasteiger partial charge on any atom is -0.490 e. The van der Waals surface area contributed by atoms with Gasteiger partial charge >= 0.3 is 0 Å². The molecule has 0 saturated carbocycles. The average molecular weight is 276 g/mol. The molecule has 0 heterocycles. The van der Waals surface area contributed by atoms with Gasteiger partial charge in [-0.1, -0.05) is 18.2 Å². The van der Waals surface area contributed by atoms with Gasteiger partial charge in [0.15, 0.2) is 0 Å². The van der Waals surface area contributed by atoms with Gasteiger partial charge in [-0.3, -0.25) is 10.1 Å². The molecule has 2 N–H and O–H groups in total. The Labute approximate surface area is 116 Å². The quantitative estimate of drug-likeness (QED) is 0.619. The molecule has 0 aromatic heterocycles. The Hall–Kier alpha value is -2.18. The summed E-state index contributed by atoms with van der Waals surface area (Å²) in [7, 11) is 1.74. The monoisotopic (exact) mass is 276 g/mol. The fourth-order valence-electron chi connectivity index (χ4n) is 2.02. The number of ether oxygens (including phenoxy) is 1. The van der Waals surface area contributed by atoms with Crippen molar-refractivity contribution in [3.05, 3.63) is 46.5 Å². The molecule has 2 rings (SSSR count). The molecule has 0 aliphatic rings. The maximum absolute atomic E-state index is 11.0. The highest BCUT2D eigenvalue weighted by Crippen LogP contribution is 2.32. The van der Waals surface area contributed by atoms with Crippen LogP contribution >= 0.6 is 0 Å². The first-order valence-electron chi connectivity index (χ1n) is 6.25. The summed E-state index contributed by atoms with van der Waals surface area (Å²) in [5.74, 6) is 0.529. The molecule has 0 radical (unpaired) electrons. The third kappa shape index (κ3) is 3.04. The van der Waals surface area contributed by atoms with Crippen LogP contribution in [-0.4, -0.2) is 36.3 Å². The van der Waals surface area contributed by atoms with E-state index in [0.717, 1.165) is 0 Å². The fourth-order valence-corrected chi connectivity index (χ4v) is 2.02. The van der Waals surface area contributed by atoms with E-state index in [0.29, 0.717) is 23.1 Å². The molecule has 6 heteroatoms. The lowest BCUT2D eigenvalue weighted by Gasteiger charge is -2.13. The SMILES string of the molecule is CNCC(O)COc1ccc([N+](=O)[O-])c2ccccc12. The van der Waals surface area contributed by atoms with Crippen LogP contribution in [0.4, 0.5) is 5.69 Å². The number of hydrogen-bond donors (Lipinski definition) is 2. The third-order valence-corrected chi connectivity index (χ3v) is 2.93. The normalized spacial score (nSPS) is 12.3. The maximum Gasteiger partial charge on any atom is 0.277 e. The number of nitrogens with zero attached hydrogens (tertiary/aromatic N) is 1. The van der Waals surface area contributed by atoms with Gasteiger partial charge in [0.25, 0.3) is 5.69 Å². The molecule has 0 saturated heterocycles. The van der Waals surface area contributed by atoms with E-state index in [1.807, 2.05) is 0 Å².